The van der Waals surface area contributed by atoms with Crippen LogP contribution in [0.1, 0.15) is 24.9 Å². The van der Waals surface area contributed by atoms with Crippen LogP contribution in [0.5, 0.6) is 5.75 Å². The molecular weight excluding hydrogens is 331 g/mol. The average Bonchev–Trinajstić information content (AvgIpc) is 2.40. The molecule has 1 aromatic carbocycles. The maximum Gasteiger partial charge on any atom is 0.184 e. The molecule has 2 heterocycles. The molecule has 4 nitrogen and oxygen atoms in total. The molecule has 0 saturated carbocycles. The van der Waals surface area contributed by atoms with Gasteiger partial charge in [0.2, 0.25) is 0 Å². The van der Waals surface area contributed by atoms with E-state index in [0.717, 1.165) is 12.0 Å². The first kappa shape index (κ1) is 15.2. The van der Waals surface area contributed by atoms with Crippen LogP contribution in [0.15, 0.2) is 12.1 Å². The minimum atomic E-state index is -0.532. The molecule has 1 N–H and O–H groups in total. The SMILES string of the molecule is COCCN1C(=S)NC2CC1(C)Oc1c(Cl)cc(Cl)cc12. The summed E-state index contributed by atoms with van der Waals surface area (Å²) >= 11 is 17.9. The molecule has 1 aromatic rings. The summed E-state index contributed by atoms with van der Waals surface area (Å²) in [4.78, 5) is 2.01. The van der Waals surface area contributed by atoms with E-state index in [1.807, 2.05) is 17.9 Å². The Hall–Kier alpha value is -0.750. The van der Waals surface area contributed by atoms with Gasteiger partial charge < -0.3 is 19.7 Å². The fourth-order valence-corrected chi connectivity index (χ4v) is 3.93. The Labute approximate surface area is 139 Å². The van der Waals surface area contributed by atoms with E-state index in [9.17, 15) is 0 Å². The molecule has 2 unspecified atom stereocenters. The lowest BCUT2D eigenvalue weighted by atomic mass is 9.90. The zero-order chi connectivity index (χ0) is 15.2. The molecule has 2 aliphatic heterocycles. The van der Waals surface area contributed by atoms with Gasteiger partial charge in [-0.05, 0) is 31.3 Å². The minimum absolute atomic E-state index is 0.0567. The predicted octanol–water partition coefficient (Wildman–Crippen LogP) is 3.37. The van der Waals surface area contributed by atoms with E-state index in [4.69, 9.17) is 44.9 Å². The molecular formula is C14H16Cl2N2O2S. The number of ether oxygens (including phenoxy) is 2. The number of thiocarbonyl (C=S) groups is 1. The van der Waals surface area contributed by atoms with Crippen LogP contribution < -0.4 is 10.1 Å². The zero-order valence-corrected chi connectivity index (χ0v) is 14.1. The lowest BCUT2D eigenvalue weighted by Crippen LogP contribution is -2.65. The zero-order valence-electron chi connectivity index (χ0n) is 11.8. The molecule has 3 rings (SSSR count). The highest BCUT2D eigenvalue weighted by Crippen LogP contribution is 2.47. The van der Waals surface area contributed by atoms with Gasteiger partial charge in [0.15, 0.2) is 10.8 Å². The first-order valence-corrected chi connectivity index (χ1v) is 7.86. The van der Waals surface area contributed by atoms with E-state index < -0.39 is 5.72 Å². The summed E-state index contributed by atoms with van der Waals surface area (Å²) in [6.45, 7) is 3.26. The highest BCUT2D eigenvalue weighted by atomic mass is 35.5. The largest absolute Gasteiger partial charge is 0.466 e. The van der Waals surface area contributed by atoms with Crippen LogP contribution in [0.3, 0.4) is 0 Å². The average molecular weight is 347 g/mol. The minimum Gasteiger partial charge on any atom is -0.466 e. The molecule has 21 heavy (non-hydrogen) atoms. The van der Waals surface area contributed by atoms with Crippen LogP contribution in [-0.4, -0.2) is 36.0 Å². The Morgan fingerprint density at radius 1 is 1.52 bits per heavy atom. The number of methoxy groups -OCH3 is 1. The molecule has 0 aromatic heterocycles. The monoisotopic (exact) mass is 346 g/mol. The molecule has 1 fully saturated rings. The summed E-state index contributed by atoms with van der Waals surface area (Å²) in [6, 6.07) is 3.64. The first-order chi connectivity index (χ1) is 9.94. The van der Waals surface area contributed by atoms with Crippen molar-refractivity contribution in [3.63, 3.8) is 0 Å². The summed E-state index contributed by atoms with van der Waals surface area (Å²) in [5.41, 5.74) is 0.425. The molecule has 0 radical (unpaired) electrons. The van der Waals surface area contributed by atoms with Gasteiger partial charge in [-0.2, -0.15) is 0 Å². The van der Waals surface area contributed by atoms with E-state index >= 15 is 0 Å². The van der Waals surface area contributed by atoms with E-state index in [2.05, 4.69) is 5.32 Å². The van der Waals surface area contributed by atoms with Crippen LogP contribution in [0.25, 0.3) is 0 Å². The number of nitrogens with zero attached hydrogens (tertiary/aromatic N) is 1. The number of hydrogen-bond donors (Lipinski definition) is 1. The van der Waals surface area contributed by atoms with Gasteiger partial charge in [-0.25, -0.2) is 0 Å². The Morgan fingerprint density at radius 3 is 3.00 bits per heavy atom. The Kier molecular flexibility index (Phi) is 3.94. The van der Waals surface area contributed by atoms with E-state index in [1.54, 1.807) is 13.2 Å². The van der Waals surface area contributed by atoms with E-state index in [-0.39, 0.29) is 6.04 Å². The summed E-state index contributed by atoms with van der Waals surface area (Å²) < 4.78 is 11.4. The standard InChI is InChI=1S/C14H16Cl2N2O2S/c1-14-7-11(17-13(21)18(14)3-4-19-2)9-5-8(15)6-10(16)12(9)20-14/h5-6,11H,3-4,7H2,1-2H3,(H,17,21). The van der Waals surface area contributed by atoms with Crippen LogP contribution >= 0.6 is 35.4 Å². The van der Waals surface area contributed by atoms with Crippen LogP contribution in [-0.2, 0) is 4.74 Å². The summed E-state index contributed by atoms with van der Waals surface area (Å²) in [5.74, 6) is 0.678. The van der Waals surface area contributed by atoms with Crippen LogP contribution in [0, 0.1) is 0 Å². The van der Waals surface area contributed by atoms with Crippen LogP contribution in [0.2, 0.25) is 10.0 Å². The van der Waals surface area contributed by atoms with Gasteiger partial charge in [0, 0.05) is 30.7 Å². The highest BCUT2D eigenvalue weighted by Gasteiger charge is 2.48. The van der Waals surface area contributed by atoms with Gasteiger partial charge in [0.25, 0.3) is 0 Å². The molecule has 0 amide bonds. The van der Waals surface area contributed by atoms with Crippen molar-refractivity contribution in [1.29, 1.82) is 0 Å². The van der Waals surface area contributed by atoms with Gasteiger partial charge in [0.05, 0.1) is 17.7 Å². The Bertz CT molecular complexity index is 599. The van der Waals surface area contributed by atoms with Crippen molar-refractivity contribution in [3.05, 3.63) is 27.7 Å². The van der Waals surface area contributed by atoms with Gasteiger partial charge >= 0.3 is 0 Å². The lowest BCUT2D eigenvalue weighted by molar-refractivity contribution is -0.0739. The maximum atomic E-state index is 6.30. The van der Waals surface area contributed by atoms with Gasteiger partial charge in [-0.15, -0.1) is 0 Å². The van der Waals surface area contributed by atoms with E-state index in [0.29, 0.717) is 34.1 Å². The number of fused-ring (bicyclic) bond motifs is 4. The maximum absolute atomic E-state index is 6.30. The van der Waals surface area contributed by atoms with Crippen molar-refractivity contribution in [2.75, 3.05) is 20.3 Å². The van der Waals surface area contributed by atoms with Gasteiger partial charge in [-0.3, -0.25) is 0 Å². The summed E-state index contributed by atoms with van der Waals surface area (Å²) in [5, 5.41) is 5.13. The number of rotatable bonds is 3. The fraction of sp³-hybridized carbons (Fsp3) is 0.500. The number of benzene rings is 1. The topological polar surface area (TPSA) is 33.7 Å². The Balaban J connectivity index is 2.01. The molecule has 0 aliphatic carbocycles. The molecule has 2 aliphatic rings. The summed E-state index contributed by atoms with van der Waals surface area (Å²) in [6.07, 6.45) is 0.764. The predicted molar refractivity (Wildman–Crippen MR) is 87.2 cm³/mol. The number of nitrogens with one attached hydrogen (secondary N) is 1. The van der Waals surface area contributed by atoms with Crippen molar-refractivity contribution in [1.82, 2.24) is 10.2 Å². The van der Waals surface area contributed by atoms with Gasteiger partial charge in [0.1, 0.15) is 5.75 Å². The van der Waals surface area contributed by atoms with Gasteiger partial charge in [-0.1, -0.05) is 23.2 Å². The third-order valence-electron chi connectivity index (χ3n) is 3.95. The molecule has 2 bridgehead atoms. The van der Waals surface area contributed by atoms with Crippen molar-refractivity contribution in [2.45, 2.75) is 25.1 Å². The molecule has 114 valence electrons. The first-order valence-electron chi connectivity index (χ1n) is 6.69. The second-order valence-electron chi connectivity index (χ2n) is 5.43. The lowest BCUT2D eigenvalue weighted by Gasteiger charge is -2.52. The Morgan fingerprint density at radius 2 is 2.29 bits per heavy atom. The third kappa shape index (κ3) is 2.57. The number of hydrogen-bond acceptors (Lipinski definition) is 3. The second kappa shape index (κ2) is 5.47. The third-order valence-corrected chi connectivity index (χ3v) is 4.79. The molecule has 1 saturated heterocycles. The second-order valence-corrected chi connectivity index (χ2v) is 6.66. The van der Waals surface area contributed by atoms with Crippen molar-refractivity contribution in [2.24, 2.45) is 0 Å². The molecule has 0 spiro atoms. The van der Waals surface area contributed by atoms with Crippen molar-refractivity contribution >= 4 is 40.5 Å². The fourth-order valence-electron chi connectivity index (χ4n) is 2.95. The van der Waals surface area contributed by atoms with Crippen LogP contribution in [0.4, 0.5) is 0 Å². The number of halogens is 2. The van der Waals surface area contributed by atoms with Crippen molar-refractivity contribution < 1.29 is 9.47 Å². The molecule has 7 heteroatoms. The summed E-state index contributed by atoms with van der Waals surface area (Å²) in [7, 11) is 1.67. The van der Waals surface area contributed by atoms with E-state index in [1.165, 1.54) is 0 Å². The smallest absolute Gasteiger partial charge is 0.184 e. The molecule has 2 atom stereocenters. The normalized spacial score (nSPS) is 27.0. The quantitative estimate of drug-likeness (QED) is 0.848. The highest BCUT2D eigenvalue weighted by molar-refractivity contribution is 7.80. The van der Waals surface area contributed by atoms with Crippen molar-refractivity contribution in [3.8, 4) is 5.75 Å².